The van der Waals surface area contributed by atoms with Crippen LogP contribution >= 0.6 is 0 Å². The Morgan fingerprint density at radius 1 is 1.20 bits per heavy atom. The summed E-state index contributed by atoms with van der Waals surface area (Å²) in [6.45, 7) is 1.88. The predicted octanol–water partition coefficient (Wildman–Crippen LogP) is 1.15. The van der Waals surface area contributed by atoms with E-state index in [1.165, 1.54) is 6.07 Å². The van der Waals surface area contributed by atoms with E-state index >= 15 is 0 Å². The average molecular weight is 201 g/mol. The molecule has 0 N–H and O–H groups in total. The molecule has 0 aliphatic heterocycles. The van der Waals surface area contributed by atoms with Crippen molar-refractivity contribution in [2.75, 3.05) is 0 Å². The number of hydrogen-bond donors (Lipinski definition) is 0. The van der Waals surface area contributed by atoms with E-state index in [1.54, 1.807) is 36.1 Å². The maximum atomic E-state index is 11.3. The molecular weight excluding hydrogens is 190 g/mol. The zero-order chi connectivity index (χ0) is 10.8. The van der Waals surface area contributed by atoms with E-state index in [9.17, 15) is 4.79 Å². The summed E-state index contributed by atoms with van der Waals surface area (Å²) in [4.78, 5) is 19.7. The first-order valence-corrected chi connectivity index (χ1v) is 4.64. The Bertz CT molecular complexity index is 531. The quantitative estimate of drug-likeness (QED) is 0.695. The van der Waals surface area contributed by atoms with Crippen molar-refractivity contribution in [1.82, 2.24) is 14.5 Å². The lowest BCUT2D eigenvalue weighted by atomic mass is 10.2. The van der Waals surface area contributed by atoms with Gasteiger partial charge in [-0.05, 0) is 19.1 Å². The highest BCUT2D eigenvalue weighted by Gasteiger charge is 2.06. The minimum atomic E-state index is -0.0211. The maximum absolute atomic E-state index is 11.3. The lowest BCUT2D eigenvalue weighted by molar-refractivity contribution is 0.819. The molecule has 4 heteroatoms. The molecule has 0 saturated heterocycles. The second kappa shape index (κ2) is 3.65. The highest BCUT2D eigenvalue weighted by atomic mass is 16.1. The van der Waals surface area contributed by atoms with Crippen molar-refractivity contribution in [3.8, 4) is 11.4 Å². The zero-order valence-electron chi connectivity index (χ0n) is 8.64. The normalized spacial score (nSPS) is 10.3. The third-order valence-electron chi connectivity index (χ3n) is 2.42. The number of nitrogens with zero attached hydrogens (tertiary/aromatic N) is 3. The fourth-order valence-electron chi connectivity index (χ4n) is 1.41. The van der Waals surface area contributed by atoms with E-state index < -0.39 is 0 Å². The molecule has 0 radical (unpaired) electrons. The van der Waals surface area contributed by atoms with Gasteiger partial charge in [0.2, 0.25) is 5.56 Å². The van der Waals surface area contributed by atoms with Gasteiger partial charge in [-0.25, -0.2) is 9.97 Å². The molecule has 0 spiro atoms. The summed E-state index contributed by atoms with van der Waals surface area (Å²) in [6, 6.07) is 5.05. The standard InChI is InChI=1S/C11H11N3O/c1-8-9(4-5-10(15)14(8)2)11-12-6-3-7-13-11/h3-7H,1-2H3. The Morgan fingerprint density at radius 2 is 1.87 bits per heavy atom. The molecule has 0 atom stereocenters. The van der Waals surface area contributed by atoms with E-state index in [2.05, 4.69) is 9.97 Å². The van der Waals surface area contributed by atoms with Gasteiger partial charge in [0.05, 0.1) is 0 Å². The van der Waals surface area contributed by atoms with Gasteiger partial charge in [0.15, 0.2) is 5.82 Å². The molecule has 0 fully saturated rings. The van der Waals surface area contributed by atoms with E-state index in [0.29, 0.717) is 5.82 Å². The number of hydrogen-bond acceptors (Lipinski definition) is 3. The molecule has 2 heterocycles. The molecule has 0 unspecified atom stereocenters. The highest BCUT2D eigenvalue weighted by Crippen LogP contribution is 2.15. The maximum Gasteiger partial charge on any atom is 0.250 e. The fourth-order valence-corrected chi connectivity index (χ4v) is 1.41. The molecule has 0 aliphatic rings. The summed E-state index contributed by atoms with van der Waals surface area (Å²) in [6.07, 6.45) is 3.37. The van der Waals surface area contributed by atoms with Crippen LogP contribution in [-0.4, -0.2) is 14.5 Å². The van der Waals surface area contributed by atoms with Gasteiger partial charge >= 0.3 is 0 Å². The van der Waals surface area contributed by atoms with E-state index in [0.717, 1.165) is 11.3 Å². The van der Waals surface area contributed by atoms with Crippen molar-refractivity contribution in [1.29, 1.82) is 0 Å². The van der Waals surface area contributed by atoms with Gasteiger partial charge in [0, 0.05) is 36.8 Å². The van der Waals surface area contributed by atoms with Gasteiger partial charge in [-0.1, -0.05) is 0 Å². The third-order valence-corrected chi connectivity index (χ3v) is 2.42. The zero-order valence-corrected chi connectivity index (χ0v) is 8.64. The van der Waals surface area contributed by atoms with Crippen LogP contribution in [0.15, 0.2) is 35.4 Å². The lowest BCUT2D eigenvalue weighted by Crippen LogP contribution is -2.18. The van der Waals surface area contributed by atoms with E-state index in [4.69, 9.17) is 0 Å². The average Bonchev–Trinajstić information content (AvgIpc) is 2.27. The number of rotatable bonds is 1. The summed E-state index contributed by atoms with van der Waals surface area (Å²) < 4.78 is 1.59. The van der Waals surface area contributed by atoms with E-state index in [-0.39, 0.29) is 5.56 Å². The van der Waals surface area contributed by atoms with Gasteiger partial charge < -0.3 is 4.57 Å². The summed E-state index contributed by atoms with van der Waals surface area (Å²) in [5.74, 6) is 0.644. The molecule has 2 rings (SSSR count). The van der Waals surface area contributed by atoms with Crippen LogP contribution < -0.4 is 5.56 Å². The van der Waals surface area contributed by atoms with Crippen molar-refractivity contribution >= 4 is 0 Å². The predicted molar refractivity (Wildman–Crippen MR) is 57.4 cm³/mol. The first-order chi connectivity index (χ1) is 7.20. The minimum Gasteiger partial charge on any atom is -0.315 e. The fraction of sp³-hybridized carbons (Fsp3) is 0.182. The van der Waals surface area contributed by atoms with Crippen molar-refractivity contribution in [2.24, 2.45) is 7.05 Å². The van der Waals surface area contributed by atoms with Crippen LogP contribution in [0, 0.1) is 6.92 Å². The van der Waals surface area contributed by atoms with Gasteiger partial charge in [0.25, 0.3) is 0 Å². The van der Waals surface area contributed by atoms with Crippen LogP contribution in [0.4, 0.5) is 0 Å². The van der Waals surface area contributed by atoms with Crippen molar-refractivity contribution in [2.45, 2.75) is 6.92 Å². The third kappa shape index (κ3) is 1.66. The molecular formula is C11H11N3O. The number of aromatic nitrogens is 3. The second-order valence-electron chi connectivity index (χ2n) is 3.30. The molecule has 0 saturated carbocycles. The van der Waals surface area contributed by atoms with Crippen LogP contribution in [0.3, 0.4) is 0 Å². The van der Waals surface area contributed by atoms with Crippen LogP contribution in [0.1, 0.15) is 5.69 Å². The summed E-state index contributed by atoms with van der Waals surface area (Å²) in [5, 5.41) is 0. The van der Waals surface area contributed by atoms with Crippen LogP contribution in [-0.2, 0) is 7.05 Å². The summed E-state index contributed by atoms with van der Waals surface area (Å²) in [7, 11) is 1.74. The Hall–Kier alpha value is -1.97. The molecule has 2 aromatic heterocycles. The molecule has 4 nitrogen and oxygen atoms in total. The largest absolute Gasteiger partial charge is 0.315 e. The lowest BCUT2D eigenvalue weighted by Gasteiger charge is -2.07. The molecule has 76 valence electrons. The molecule has 0 amide bonds. The molecule has 15 heavy (non-hydrogen) atoms. The number of pyridine rings is 1. The molecule has 0 aliphatic carbocycles. The monoisotopic (exact) mass is 201 g/mol. The van der Waals surface area contributed by atoms with Crippen LogP contribution in [0.5, 0.6) is 0 Å². The van der Waals surface area contributed by atoms with Crippen molar-refractivity contribution < 1.29 is 0 Å². The van der Waals surface area contributed by atoms with E-state index in [1.807, 2.05) is 6.92 Å². The second-order valence-corrected chi connectivity index (χ2v) is 3.30. The smallest absolute Gasteiger partial charge is 0.250 e. The van der Waals surface area contributed by atoms with Gasteiger partial charge in [0.1, 0.15) is 0 Å². The summed E-state index contributed by atoms with van der Waals surface area (Å²) in [5.41, 5.74) is 1.73. The SMILES string of the molecule is Cc1c(-c2ncccn2)ccc(=O)n1C. The Morgan fingerprint density at radius 3 is 2.53 bits per heavy atom. The minimum absolute atomic E-state index is 0.0211. The van der Waals surface area contributed by atoms with Gasteiger partial charge in [-0.3, -0.25) is 4.79 Å². The Labute approximate surface area is 87.2 Å². The highest BCUT2D eigenvalue weighted by molar-refractivity contribution is 5.57. The van der Waals surface area contributed by atoms with Crippen LogP contribution in [0.25, 0.3) is 11.4 Å². The molecule has 0 bridgehead atoms. The van der Waals surface area contributed by atoms with Gasteiger partial charge in [-0.15, -0.1) is 0 Å². The van der Waals surface area contributed by atoms with Gasteiger partial charge in [-0.2, -0.15) is 0 Å². The summed E-state index contributed by atoms with van der Waals surface area (Å²) >= 11 is 0. The Balaban J connectivity index is 2.65. The molecule has 2 aromatic rings. The topological polar surface area (TPSA) is 47.8 Å². The first-order valence-electron chi connectivity index (χ1n) is 4.64. The van der Waals surface area contributed by atoms with Crippen molar-refractivity contribution in [3.63, 3.8) is 0 Å². The van der Waals surface area contributed by atoms with Crippen molar-refractivity contribution in [3.05, 3.63) is 46.6 Å². The Kier molecular flexibility index (Phi) is 2.33. The van der Waals surface area contributed by atoms with Crippen LogP contribution in [0.2, 0.25) is 0 Å². The first kappa shape index (κ1) is 9.58. The molecule has 0 aromatic carbocycles.